The molecule has 1 unspecified atom stereocenters. The van der Waals surface area contributed by atoms with E-state index in [1.807, 2.05) is 45.0 Å². The molecule has 0 aromatic heterocycles. The van der Waals surface area contributed by atoms with Crippen molar-refractivity contribution in [2.24, 2.45) is 0 Å². The molecule has 1 aliphatic heterocycles. The van der Waals surface area contributed by atoms with Crippen LogP contribution in [0, 0.1) is 0 Å². The van der Waals surface area contributed by atoms with Crippen LogP contribution in [0.4, 0.5) is 0 Å². The molecule has 1 heterocycles. The summed E-state index contributed by atoms with van der Waals surface area (Å²) in [5, 5.41) is 6.26. The summed E-state index contributed by atoms with van der Waals surface area (Å²) in [5.74, 6) is 0.943. The first-order valence-corrected chi connectivity index (χ1v) is 6.72. The molecule has 0 radical (unpaired) electrons. The van der Waals surface area contributed by atoms with E-state index in [1.165, 1.54) is 0 Å². The molecule has 1 aliphatic rings. The summed E-state index contributed by atoms with van der Waals surface area (Å²) < 4.78 is 5.60. The van der Waals surface area contributed by atoms with Crippen LogP contribution < -0.4 is 15.4 Å². The number of para-hydroxylation sites is 1. The minimum absolute atomic E-state index is 0.0245. The highest BCUT2D eigenvalue weighted by Crippen LogP contribution is 2.31. The van der Waals surface area contributed by atoms with Crippen LogP contribution >= 0.6 is 0 Å². The number of ether oxygens (including phenoxy) is 1. The van der Waals surface area contributed by atoms with Gasteiger partial charge in [0.25, 0.3) is 0 Å². The maximum absolute atomic E-state index is 11.8. The minimum atomic E-state index is -0.188. The molecule has 0 fully saturated rings. The predicted octanol–water partition coefficient (Wildman–Crippen LogP) is 2.01. The second-order valence-corrected chi connectivity index (χ2v) is 5.91. The Morgan fingerprint density at radius 1 is 1.37 bits per heavy atom. The largest absolute Gasteiger partial charge is 0.493 e. The molecule has 0 saturated carbocycles. The summed E-state index contributed by atoms with van der Waals surface area (Å²) in [6.07, 6.45) is 0.889. The van der Waals surface area contributed by atoms with Gasteiger partial charge in [-0.2, -0.15) is 0 Å². The van der Waals surface area contributed by atoms with Crippen molar-refractivity contribution in [3.8, 4) is 5.75 Å². The van der Waals surface area contributed by atoms with E-state index in [1.54, 1.807) is 0 Å². The third-order valence-corrected chi connectivity index (χ3v) is 2.98. The average Bonchev–Trinajstić information content (AvgIpc) is 2.34. The molecule has 104 valence electrons. The van der Waals surface area contributed by atoms with Crippen LogP contribution in [0.2, 0.25) is 0 Å². The summed E-state index contributed by atoms with van der Waals surface area (Å²) in [6, 6.07) is 8.17. The Kier molecular flexibility index (Phi) is 4.10. The topological polar surface area (TPSA) is 50.4 Å². The number of carbonyl (C=O) groups is 1. The zero-order valence-corrected chi connectivity index (χ0v) is 11.8. The first kappa shape index (κ1) is 13.9. The zero-order valence-electron chi connectivity index (χ0n) is 11.8. The highest BCUT2D eigenvalue weighted by molar-refractivity contribution is 5.78. The Balaban J connectivity index is 1.93. The van der Waals surface area contributed by atoms with Gasteiger partial charge in [-0.3, -0.25) is 4.79 Å². The lowest BCUT2D eigenvalue weighted by molar-refractivity contribution is -0.121. The van der Waals surface area contributed by atoms with Gasteiger partial charge in [0.2, 0.25) is 5.91 Å². The van der Waals surface area contributed by atoms with Crippen LogP contribution in [0.1, 0.15) is 38.8 Å². The smallest absolute Gasteiger partial charge is 0.234 e. The van der Waals surface area contributed by atoms with Crippen molar-refractivity contribution < 1.29 is 9.53 Å². The van der Waals surface area contributed by atoms with Gasteiger partial charge < -0.3 is 15.4 Å². The molecule has 1 amide bonds. The number of fused-ring (bicyclic) bond motifs is 1. The molecule has 0 aliphatic carbocycles. The van der Waals surface area contributed by atoms with Gasteiger partial charge in [-0.15, -0.1) is 0 Å². The maximum Gasteiger partial charge on any atom is 0.234 e. The molecular weight excluding hydrogens is 240 g/mol. The zero-order chi connectivity index (χ0) is 13.9. The van der Waals surface area contributed by atoms with E-state index in [9.17, 15) is 4.79 Å². The summed E-state index contributed by atoms with van der Waals surface area (Å²) >= 11 is 0. The normalized spacial score (nSPS) is 18.4. The molecule has 19 heavy (non-hydrogen) atoms. The second-order valence-electron chi connectivity index (χ2n) is 5.91. The molecule has 2 rings (SSSR count). The maximum atomic E-state index is 11.8. The van der Waals surface area contributed by atoms with Crippen molar-refractivity contribution in [2.75, 3.05) is 13.2 Å². The highest BCUT2D eigenvalue weighted by atomic mass is 16.5. The van der Waals surface area contributed by atoms with Crippen LogP contribution in [0.25, 0.3) is 0 Å². The Morgan fingerprint density at radius 3 is 2.84 bits per heavy atom. The lowest BCUT2D eigenvalue weighted by Gasteiger charge is -2.27. The lowest BCUT2D eigenvalue weighted by Crippen LogP contribution is -2.45. The molecule has 0 spiro atoms. The fourth-order valence-corrected chi connectivity index (χ4v) is 2.23. The van der Waals surface area contributed by atoms with Crippen molar-refractivity contribution in [1.82, 2.24) is 10.6 Å². The lowest BCUT2D eigenvalue weighted by atomic mass is 10.0. The molecule has 4 heteroatoms. The highest BCUT2D eigenvalue weighted by Gasteiger charge is 2.21. The van der Waals surface area contributed by atoms with Crippen molar-refractivity contribution >= 4 is 5.91 Å². The fraction of sp³-hybridized carbons (Fsp3) is 0.533. The predicted molar refractivity (Wildman–Crippen MR) is 75.2 cm³/mol. The first-order chi connectivity index (χ1) is 8.96. The average molecular weight is 262 g/mol. The van der Waals surface area contributed by atoms with Gasteiger partial charge in [-0.1, -0.05) is 18.2 Å². The quantitative estimate of drug-likeness (QED) is 0.876. The fourth-order valence-electron chi connectivity index (χ4n) is 2.23. The molecule has 1 aromatic carbocycles. The second kappa shape index (κ2) is 5.61. The van der Waals surface area contributed by atoms with Gasteiger partial charge in [0, 0.05) is 23.6 Å². The SMILES string of the molecule is CC(C)(C)NC(=O)CNC1CCOc2ccccc21. The molecule has 0 saturated heterocycles. The molecule has 1 aromatic rings. The van der Waals surface area contributed by atoms with Gasteiger partial charge in [-0.05, 0) is 26.8 Å². The van der Waals surface area contributed by atoms with E-state index in [2.05, 4.69) is 10.6 Å². The van der Waals surface area contributed by atoms with Crippen molar-refractivity contribution in [2.45, 2.75) is 38.8 Å². The number of carbonyl (C=O) groups excluding carboxylic acids is 1. The van der Waals surface area contributed by atoms with Crippen LogP contribution in [0.5, 0.6) is 5.75 Å². The molecule has 2 N–H and O–H groups in total. The van der Waals surface area contributed by atoms with Gasteiger partial charge in [0.15, 0.2) is 0 Å². The van der Waals surface area contributed by atoms with E-state index < -0.39 is 0 Å². The third-order valence-electron chi connectivity index (χ3n) is 2.98. The van der Waals surface area contributed by atoms with Crippen LogP contribution in [-0.4, -0.2) is 24.6 Å². The molecular formula is C15H22N2O2. The summed E-state index contributed by atoms with van der Waals surface area (Å²) in [6.45, 7) is 6.96. The number of nitrogens with one attached hydrogen (secondary N) is 2. The Morgan fingerprint density at radius 2 is 2.11 bits per heavy atom. The molecule has 1 atom stereocenters. The Bertz CT molecular complexity index is 452. The van der Waals surface area contributed by atoms with E-state index >= 15 is 0 Å². The number of benzene rings is 1. The van der Waals surface area contributed by atoms with E-state index in [4.69, 9.17) is 4.74 Å². The van der Waals surface area contributed by atoms with Crippen LogP contribution in [0.15, 0.2) is 24.3 Å². The van der Waals surface area contributed by atoms with Gasteiger partial charge in [-0.25, -0.2) is 0 Å². The standard InChI is InChI=1S/C15H22N2O2/c1-15(2,3)17-14(18)10-16-12-8-9-19-13-7-5-4-6-11(12)13/h4-7,12,16H,8-10H2,1-3H3,(H,17,18). The number of hydrogen-bond acceptors (Lipinski definition) is 3. The summed E-state index contributed by atoms with van der Waals surface area (Å²) in [7, 11) is 0. The van der Waals surface area contributed by atoms with Gasteiger partial charge in [0.1, 0.15) is 5.75 Å². The van der Waals surface area contributed by atoms with Crippen LogP contribution in [0.3, 0.4) is 0 Å². The number of hydrogen-bond donors (Lipinski definition) is 2. The van der Waals surface area contributed by atoms with Gasteiger partial charge in [0.05, 0.1) is 13.2 Å². The number of amides is 1. The molecule has 4 nitrogen and oxygen atoms in total. The summed E-state index contributed by atoms with van der Waals surface area (Å²) in [4.78, 5) is 11.8. The van der Waals surface area contributed by atoms with E-state index in [0.717, 1.165) is 17.7 Å². The van der Waals surface area contributed by atoms with E-state index in [0.29, 0.717) is 13.2 Å². The Labute approximate surface area is 114 Å². The Hall–Kier alpha value is -1.55. The molecule has 0 bridgehead atoms. The third kappa shape index (κ3) is 3.96. The van der Waals surface area contributed by atoms with Gasteiger partial charge >= 0.3 is 0 Å². The van der Waals surface area contributed by atoms with Crippen LogP contribution in [-0.2, 0) is 4.79 Å². The van der Waals surface area contributed by atoms with E-state index in [-0.39, 0.29) is 17.5 Å². The monoisotopic (exact) mass is 262 g/mol. The van der Waals surface area contributed by atoms with Crippen molar-refractivity contribution in [3.63, 3.8) is 0 Å². The summed E-state index contributed by atoms with van der Waals surface area (Å²) in [5.41, 5.74) is 0.948. The first-order valence-electron chi connectivity index (χ1n) is 6.72. The number of rotatable bonds is 3. The van der Waals surface area contributed by atoms with Crippen molar-refractivity contribution in [1.29, 1.82) is 0 Å². The van der Waals surface area contributed by atoms with Crippen molar-refractivity contribution in [3.05, 3.63) is 29.8 Å². The minimum Gasteiger partial charge on any atom is -0.493 e.